The molecule has 0 atom stereocenters. The van der Waals surface area contributed by atoms with E-state index in [1.807, 2.05) is 0 Å². The number of rotatable bonds is 1. The molecule has 6 heteroatoms. The van der Waals surface area contributed by atoms with Crippen molar-refractivity contribution in [2.24, 2.45) is 0 Å². The van der Waals surface area contributed by atoms with E-state index in [0.717, 1.165) is 0 Å². The first-order chi connectivity index (χ1) is 5.77. The zero-order chi connectivity index (χ0) is 8.55. The van der Waals surface area contributed by atoms with E-state index in [9.17, 15) is 10.1 Å². The van der Waals surface area contributed by atoms with Crippen LogP contribution >= 0.6 is 0 Å². The normalized spacial score (nSPS) is 9.54. The van der Waals surface area contributed by atoms with E-state index in [1.54, 1.807) is 24.3 Å². The zero-order valence-electron chi connectivity index (χ0n) is 6.73. The van der Waals surface area contributed by atoms with Crippen molar-refractivity contribution in [3.05, 3.63) is 34.4 Å². The van der Waals surface area contributed by atoms with Gasteiger partial charge >= 0.3 is 5.95 Å². The fourth-order valence-corrected chi connectivity index (χ4v) is 1.03. The third-order valence-electron chi connectivity index (χ3n) is 1.55. The maximum absolute atomic E-state index is 10.3. The van der Waals surface area contributed by atoms with E-state index in [1.165, 1.54) is 0 Å². The molecular formula is C7H5HgN3O2. The Bertz CT molecular complexity index is 407. The molecule has 1 aromatic heterocycles. The molecule has 1 heterocycles. The molecule has 2 rings (SSSR count). The van der Waals surface area contributed by atoms with Crippen molar-refractivity contribution in [3.8, 4) is 0 Å². The van der Waals surface area contributed by atoms with E-state index in [0.29, 0.717) is 11.0 Å². The number of nitrogens with zero attached hydrogens (tertiary/aromatic N) is 2. The van der Waals surface area contributed by atoms with Gasteiger partial charge in [0.1, 0.15) is 5.52 Å². The first-order valence-corrected chi connectivity index (χ1v) is 3.36. The predicted molar refractivity (Wildman–Crippen MR) is 42.7 cm³/mol. The number of aromatic nitrogens is 2. The van der Waals surface area contributed by atoms with Gasteiger partial charge in [-0.1, -0.05) is 17.1 Å². The third-order valence-corrected chi connectivity index (χ3v) is 1.55. The minimum absolute atomic E-state index is 0. The molecule has 0 aliphatic heterocycles. The number of nitrogens with one attached hydrogen (secondary N) is 1. The second-order valence-electron chi connectivity index (χ2n) is 2.33. The van der Waals surface area contributed by atoms with Gasteiger partial charge in [-0.3, -0.25) is 0 Å². The Kier molecular flexibility index (Phi) is 2.97. The van der Waals surface area contributed by atoms with Crippen LogP contribution in [-0.4, -0.2) is 14.9 Å². The van der Waals surface area contributed by atoms with Crippen molar-refractivity contribution in [3.63, 3.8) is 0 Å². The standard InChI is InChI=1S/C7H5N3O2.Hg/c11-10(12)7-8-5-3-1-2-4-6(5)9-7;/h1-4H,(H,8,9);. The molecule has 0 aliphatic carbocycles. The van der Waals surface area contributed by atoms with E-state index in [4.69, 9.17) is 0 Å². The monoisotopic (exact) mass is 365 g/mol. The summed E-state index contributed by atoms with van der Waals surface area (Å²) in [4.78, 5) is 16.1. The molecule has 0 unspecified atom stereocenters. The molecule has 0 amide bonds. The number of fused-ring (bicyclic) bond motifs is 1. The summed E-state index contributed by atoms with van der Waals surface area (Å²) in [5.41, 5.74) is 1.30. The van der Waals surface area contributed by atoms with Gasteiger partial charge in [-0.25, -0.2) is 4.98 Å². The van der Waals surface area contributed by atoms with Crippen molar-refractivity contribution >= 4 is 17.0 Å². The first kappa shape index (κ1) is 10.1. The van der Waals surface area contributed by atoms with Gasteiger partial charge in [-0.15, -0.1) is 0 Å². The number of hydrogen-bond donors (Lipinski definition) is 1. The van der Waals surface area contributed by atoms with Crippen LogP contribution in [0.25, 0.3) is 11.0 Å². The molecule has 0 spiro atoms. The second-order valence-corrected chi connectivity index (χ2v) is 2.33. The summed E-state index contributed by atoms with van der Waals surface area (Å²) in [5, 5.41) is 10.3. The number of hydrogen-bond acceptors (Lipinski definition) is 3. The summed E-state index contributed by atoms with van der Waals surface area (Å²) >= 11 is 0. The van der Waals surface area contributed by atoms with E-state index in [-0.39, 0.29) is 33.6 Å². The Morgan fingerprint density at radius 1 is 1.38 bits per heavy atom. The maximum atomic E-state index is 10.3. The number of nitro groups is 1. The number of aromatic amines is 1. The number of para-hydroxylation sites is 2. The third kappa shape index (κ3) is 1.85. The Morgan fingerprint density at radius 3 is 2.69 bits per heavy atom. The van der Waals surface area contributed by atoms with Crippen molar-refractivity contribution in [1.82, 2.24) is 9.97 Å². The van der Waals surface area contributed by atoms with Crippen molar-refractivity contribution < 1.29 is 32.6 Å². The Hall–Kier alpha value is -0.975. The number of H-pyrrole nitrogens is 1. The van der Waals surface area contributed by atoms with Crippen molar-refractivity contribution in [2.75, 3.05) is 0 Å². The van der Waals surface area contributed by atoms with Crippen LogP contribution in [0.2, 0.25) is 0 Å². The van der Waals surface area contributed by atoms with Gasteiger partial charge in [0.05, 0.1) is 0 Å². The number of benzene rings is 1. The van der Waals surface area contributed by atoms with Gasteiger partial charge in [0, 0.05) is 27.7 Å². The topological polar surface area (TPSA) is 71.8 Å². The molecular weight excluding hydrogens is 359 g/mol. The zero-order valence-corrected chi connectivity index (χ0v) is 12.2. The molecule has 2 aromatic rings. The molecule has 5 nitrogen and oxygen atoms in total. The van der Waals surface area contributed by atoms with Crippen LogP contribution in [0.3, 0.4) is 0 Å². The first-order valence-electron chi connectivity index (χ1n) is 3.36. The molecule has 1 aromatic carbocycles. The van der Waals surface area contributed by atoms with Crippen molar-refractivity contribution in [2.45, 2.75) is 0 Å². The van der Waals surface area contributed by atoms with Crippen LogP contribution in [-0.2, 0) is 27.7 Å². The Labute approximate surface area is 93.8 Å². The second kappa shape index (κ2) is 3.82. The summed E-state index contributed by atoms with van der Waals surface area (Å²) in [6, 6.07) is 7.05. The maximum Gasteiger partial charge on any atom is 0.433 e. The van der Waals surface area contributed by atoms with Gasteiger partial charge in [0.25, 0.3) is 0 Å². The SMILES string of the molecule is O=[N+]([O-])c1nc2ccccc2[nH]1.[Hg]. The molecule has 1 N–H and O–H groups in total. The molecule has 0 radical (unpaired) electrons. The van der Waals surface area contributed by atoms with E-state index < -0.39 is 4.92 Å². The molecule has 0 aliphatic rings. The molecule has 0 bridgehead atoms. The molecule has 62 valence electrons. The van der Waals surface area contributed by atoms with Crippen LogP contribution in [0, 0.1) is 10.1 Å². The van der Waals surface area contributed by atoms with Gasteiger partial charge in [-0.2, -0.15) is 0 Å². The largest absolute Gasteiger partial charge is 0.433 e. The minimum Gasteiger partial charge on any atom is -0.390 e. The Morgan fingerprint density at radius 2 is 2.08 bits per heavy atom. The molecule has 13 heavy (non-hydrogen) atoms. The number of imidazole rings is 1. The quantitative estimate of drug-likeness (QED) is 0.474. The minimum atomic E-state index is -0.542. The van der Waals surface area contributed by atoms with Gasteiger partial charge in [0.15, 0.2) is 5.52 Å². The summed E-state index contributed by atoms with van der Waals surface area (Å²) in [6.07, 6.45) is 0. The fourth-order valence-electron chi connectivity index (χ4n) is 1.03. The average molecular weight is 364 g/mol. The van der Waals surface area contributed by atoms with Crippen molar-refractivity contribution in [1.29, 1.82) is 0 Å². The summed E-state index contributed by atoms with van der Waals surface area (Å²) in [5.74, 6) is -0.212. The Balaban J connectivity index is 0.000000845. The van der Waals surface area contributed by atoms with Crippen LogP contribution < -0.4 is 0 Å². The van der Waals surface area contributed by atoms with E-state index >= 15 is 0 Å². The van der Waals surface area contributed by atoms with Crippen LogP contribution in [0.5, 0.6) is 0 Å². The predicted octanol–water partition coefficient (Wildman–Crippen LogP) is 1.47. The van der Waals surface area contributed by atoms with Crippen LogP contribution in [0.4, 0.5) is 5.95 Å². The summed E-state index contributed by atoms with van der Waals surface area (Å²) < 4.78 is 0. The smallest absolute Gasteiger partial charge is 0.390 e. The average Bonchev–Trinajstić information content (AvgIpc) is 2.46. The van der Waals surface area contributed by atoms with Crippen LogP contribution in [0.15, 0.2) is 24.3 Å². The van der Waals surface area contributed by atoms with Gasteiger partial charge < -0.3 is 10.1 Å². The van der Waals surface area contributed by atoms with Gasteiger partial charge in [-0.05, 0) is 17.1 Å². The molecule has 0 saturated carbocycles. The molecule has 0 fully saturated rings. The molecule has 0 saturated heterocycles. The summed E-state index contributed by atoms with van der Waals surface area (Å²) in [7, 11) is 0. The van der Waals surface area contributed by atoms with Gasteiger partial charge in [0.2, 0.25) is 0 Å². The fraction of sp³-hybridized carbons (Fsp3) is 0. The van der Waals surface area contributed by atoms with Crippen LogP contribution in [0.1, 0.15) is 0 Å². The van der Waals surface area contributed by atoms with E-state index in [2.05, 4.69) is 9.97 Å². The summed E-state index contributed by atoms with van der Waals surface area (Å²) in [6.45, 7) is 0.